The minimum absolute atomic E-state index is 0.643. The van der Waals surface area contributed by atoms with Gasteiger partial charge in [-0.05, 0) is 130 Å². The van der Waals surface area contributed by atoms with Gasteiger partial charge in [0.1, 0.15) is 0 Å². The first-order valence-electron chi connectivity index (χ1n) is 22.0. The zero-order chi connectivity index (χ0) is 42.9. The van der Waals surface area contributed by atoms with Gasteiger partial charge >= 0.3 is 0 Å². The summed E-state index contributed by atoms with van der Waals surface area (Å²) in [5.41, 5.74) is 15.1. The normalized spacial score (nSPS) is 14.5. The topological polar surface area (TPSA) is 39.5 Å². The molecule has 1 atom stereocenters. The Morgan fingerprint density at radius 1 is 0.415 bits per heavy atom. The lowest BCUT2D eigenvalue weighted by atomic mass is 9.67. The number of nitrogens with zero attached hydrogens (tertiary/aromatic N) is 3. The summed E-state index contributed by atoms with van der Waals surface area (Å²) >= 11 is 0. The third kappa shape index (κ3) is 5.69. The zero-order valence-electron chi connectivity index (χ0n) is 35.2. The van der Waals surface area contributed by atoms with Crippen LogP contribution in [0.1, 0.15) is 22.3 Å². The maximum Gasteiger partial charge on any atom is 0.178 e. The van der Waals surface area contributed by atoms with Gasteiger partial charge in [0.05, 0.1) is 16.4 Å². The highest BCUT2D eigenvalue weighted by molar-refractivity contribution is 6.10. The summed E-state index contributed by atoms with van der Waals surface area (Å²) in [6, 6.07) is 80.2. The first-order chi connectivity index (χ1) is 32.2. The largest absolute Gasteiger partial charge is 0.449 e. The Labute approximate surface area is 376 Å². The Morgan fingerprint density at radius 2 is 1.02 bits per heavy atom. The van der Waals surface area contributed by atoms with Crippen LogP contribution in [0.2, 0.25) is 0 Å². The maximum atomic E-state index is 6.77. The van der Waals surface area contributed by atoms with E-state index in [0.29, 0.717) is 17.2 Å². The molecule has 0 amide bonds. The van der Waals surface area contributed by atoms with E-state index in [9.17, 15) is 0 Å². The standard InChI is InChI=1S/C60H39N3O2/c1-3-13-42(14-4-1)60(51-19-9-7-18-49(51)58-52(60)32-34-57-59(58)65-56-22-12-11-21-55(56)64-57)43-25-29-46(30-26-43)62(45-27-23-40(24-28-45)41-35-37-61-38-36-41)47-31-33-54-50(39-47)48-17-8-10-20-53(48)63(54)44-15-5-2-6-16-44/h1-39H. The lowest BCUT2D eigenvalue weighted by Crippen LogP contribution is -2.28. The van der Waals surface area contributed by atoms with Gasteiger partial charge in [0.15, 0.2) is 23.0 Å². The highest BCUT2D eigenvalue weighted by Crippen LogP contribution is 2.62. The van der Waals surface area contributed by atoms with Gasteiger partial charge in [-0.25, -0.2) is 0 Å². The van der Waals surface area contributed by atoms with Crippen LogP contribution < -0.4 is 14.4 Å². The van der Waals surface area contributed by atoms with Gasteiger partial charge in [0.2, 0.25) is 0 Å². The molecule has 0 saturated carbocycles. The van der Waals surface area contributed by atoms with E-state index in [2.05, 4.69) is 215 Å². The predicted molar refractivity (Wildman–Crippen MR) is 263 cm³/mol. The lowest BCUT2D eigenvalue weighted by molar-refractivity contribution is 0.360. The van der Waals surface area contributed by atoms with Crippen molar-refractivity contribution >= 4 is 38.9 Å². The molecule has 5 nitrogen and oxygen atoms in total. The number of aromatic nitrogens is 2. The summed E-state index contributed by atoms with van der Waals surface area (Å²) in [6.07, 6.45) is 3.69. The molecular formula is C60H39N3O2. The van der Waals surface area contributed by atoms with Crippen molar-refractivity contribution in [3.05, 3.63) is 259 Å². The van der Waals surface area contributed by atoms with Crippen molar-refractivity contribution in [1.82, 2.24) is 9.55 Å². The number of ether oxygens (including phenoxy) is 2. The van der Waals surface area contributed by atoms with Crippen LogP contribution in [0.4, 0.5) is 17.1 Å². The first kappa shape index (κ1) is 36.9. The summed E-state index contributed by atoms with van der Waals surface area (Å²) in [7, 11) is 0. The fraction of sp³-hybridized carbons (Fsp3) is 0.0167. The molecule has 1 aliphatic carbocycles. The summed E-state index contributed by atoms with van der Waals surface area (Å²) in [5.74, 6) is 2.89. The van der Waals surface area contributed by atoms with E-state index in [1.54, 1.807) is 0 Å². The summed E-state index contributed by atoms with van der Waals surface area (Å²) < 4.78 is 15.6. The van der Waals surface area contributed by atoms with Crippen molar-refractivity contribution in [3.63, 3.8) is 0 Å². The van der Waals surface area contributed by atoms with Crippen molar-refractivity contribution in [3.8, 4) is 50.9 Å². The maximum absolute atomic E-state index is 6.77. The number of hydrogen-bond acceptors (Lipinski definition) is 4. The van der Waals surface area contributed by atoms with Crippen LogP contribution in [-0.4, -0.2) is 9.55 Å². The van der Waals surface area contributed by atoms with E-state index >= 15 is 0 Å². The van der Waals surface area contributed by atoms with Crippen molar-refractivity contribution in [2.45, 2.75) is 5.41 Å². The van der Waals surface area contributed by atoms with Crippen LogP contribution in [0.3, 0.4) is 0 Å². The van der Waals surface area contributed by atoms with Gasteiger partial charge in [-0.2, -0.15) is 0 Å². The van der Waals surface area contributed by atoms with E-state index < -0.39 is 5.41 Å². The van der Waals surface area contributed by atoms with Gasteiger partial charge < -0.3 is 18.9 Å². The molecule has 0 fully saturated rings. The monoisotopic (exact) mass is 833 g/mol. The van der Waals surface area contributed by atoms with Crippen molar-refractivity contribution in [1.29, 1.82) is 0 Å². The molecule has 0 bridgehead atoms. The van der Waals surface area contributed by atoms with E-state index in [1.807, 2.05) is 36.7 Å². The molecule has 0 spiro atoms. The van der Waals surface area contributed by atoms with Crippen LogP contribution in [0.5, 0.6) is 23.0 Å². The van der Waals surface area contributed by atoms with E-state index in [1.165, 1.54) is 27.4 Å². The molecule has 13 rings (SSSR count). The minimum Gasteiger partial charge on any atom is -0.449 e. The summed E-state index contributed by atoms with van der Waals surface area (Å²) in [5, 5.41) is 2.40. The highest BCUT2D eigenvalue weighted by atomic mass is 16.6. The van der Waals surface area contributed by atoms with Gasteiger partial charge in [0.25, 0.3) is 0 Å². The molecule has 5 heteroatoms. The second-order valence-electron chi connectivity index (χ2n) is 16.7. The van der Waals surface area contributed by atoms with Crippen molar-refractivity contribution < 1.29 is 9.47 Å². The molecule has 0 N–H and O–H groups in total. The molecule has 0 saturated heterocycles. The molecule has 306 valence electrons. The Bertz CT molecular complexity index is 3590. The molecule has 3 heterocycles. The summed E-state index contributed by atoms with van der Waals surface area (Å²) in [4.78, 5) is 6.63. The Kier molecular flexibility index (Phi) is 8.36. The number of anilines is 3. The van der Waals surface area contributed by atoms with Crippen LogP contribution in [0, 0.1) is 0 Å². The zero-order valence-corrected chi connectivity index (χ0v) is 35.2. The molecule has 11 aromatic rings. The number of hydrogen-bond donors (Lipinski definition) is 0. The van der Waals surface area contributed by atoms with Crippen LogP contribution in [0.15, 0.2) is 237 Å². The molecular weight excluding hydrogens is 795 g/mol. The lowest BCUT2D eigenvalue weighted by Gasteiger charge is -2.35. The van der Waals surface area contributed by atoms with Crippen LogP contribution >= 0.6 is 0 Å². The van der Waals surface area contributed by atoms with E-state index in [4.69, 9.17) is 9.47 Å². The predicted octanol–water partition coefficient (Wildman–Crippen LogP) is 15.6. The average Bonchev–Trinajstić information content (AvgIpc) is 3.88. The Hall–Kier alpha value is -8.67. The quantitative estimate of drug-likeness (QED) is 0.160. The van der Waals surface area contributed by atoms with Crippen LogP contribution in [0.25, 0.3) is 49.7 Å². The van der Waals surface area contributed by atoms with Crippen LogP contribution in [-0.2, 0) is 5.41 Å². The van der Waals surface area contributed by atoms with Gasteiger partial charge in [0, 0.05) is 51.5 Å². The number of benzene rings is 9. The van der Waals surface area contributed by atoms with E-state index in [-0.39, 0.29) is 0 Å². The second-order valence-corrected chi connectivity index (χ2v) is 16.7. The Morgan fingerprint density at radius 3 is 1.80 bits per heavy atom. The number of rotatable bonds is 7. The molecule has 9 aromatic carbocycles. The molecule has 0 radical (unpaired) electrons. The molecule has 2 aromatic heterocycles. The minimum atomic E-state index is -0.643. The number of para-hydroxylation sites is 4. The van der Waals surface area contributed by atoms with Gasteiger partial charge in [-0.3, -0.25) is 4.98 Å². The van der Waals surface area contributed by atoms with Crippen molar-refractivity contribution in [2.24, 2.45) is 0 Å². The first-order valence-corrected chi connectivity index (χ1v) is 22.0. The highest BCUT2D eigenvalue weighted by Gasteiger charge is 2.48. The number of fused-ring (bicyclic) bond motifs is 9. The van der Waals surface area contributed by atoms with E-state index in [0.717, 1.165) is 67.4 Å². The second kappa shape index (κ2) is 14.7. The Balaban J connectivity index is 0.997. The molecule has 1 aliphatic heterocycles. The molecule has 1 unspecified atom stereocenters. The average molecular weight is 834 g/mol. The SMILES string of the molecule is c1ccc(-n2c3ccccc3c3cc(N(c4ccc(-c5ccncc5)cc4)c4ccc(C5(c6ccccc6)c6ccccc6-c6c5ccc5c6Oc6ccccc6O5)cc4)ccc32)cc1. The summed E-state index contributed by atoms with van der Waals surface area (Å²) in [6.45, 7) is 0. The third-order valence-corrected chi connectivity index (χ3v) is 13.2. The van der Waals surface area contributed by atoms with Crippen molar-refractivity contribution in [2.75, 3.05) is 4.90 Å². The molecule has 2 aliphatic rings. The fourth-order valence-electron chi connectivity index (χ4n) is 10.4. The number of pyridine rings is 1. The van der Waals surface area contributed by atoms with Gasteiger partial charge in [-0.15, -0.1) is 0 Å². The van der Waals surface area contributed by atoms with Gasteiger partial charge in [-0.1, -0.05) is 133 Å². The smallest absolute Gasteiger partial charge is 0.178 e. The fourth-order valence-corrected chi connectivity index (χ4v) is 10.4. The third-order valence-electron chi connectivity index (χ3n) is 13.2. The molecule has 65 heavy (non-hydrogen) atoms.